The summed E-state index contributed by atoms with van der Waals surface area (Å²) in [5, 5.41) is 10.2. The fraction of sp³-hybridized carbons (Fsp3) is 0.973. The molecule has 4 heteroatoms. The highest BCUT2D eigenvalue weighted by atomic mass is 16.5. The molecule has 0 aromatic heterocycles. The zero-order valence-corrected chi connectivity index (χ0v) is 28.0. The van der Waals surface area contributed by atoms with Crippen LogP contribution in [0.15, 0.2) is 0 Å². The molecule has 4 nitrogen and oxygen atoms in total. The molecular weight excluding hydrogens is 506 g/mol. The van der Waals surface area contributed by atoms with Crippen LogP contribution in [0, 0.1) is 0 Å². The first-order valence-electron chi connectivity index (χ1n) is 18.8. The second-order valence-corrected chi connectivity index (χ2v) is 13.3. The summed E-state index contributed by atoms with van der Waals surface area (Å²) in [7, 11) is 0. The lowest BCUT2D eigenvalue weighted by Crippen LogP contribution is -2.38. The van der Waals surface area contributed by atoms with Crippen molar-refractivity contribution in [2.45, 2.75) is 212 Å². The molecule has 41 heavy (non-hydrogen) atoms. The van der Waals surface area contributed by atoms with E-state index in [0.717, 1.165) is 25.8 Å². The van der Waals surface area contributed by atoms with Crippen molar-refractivity contribution in [3.05, 3.63) is 0 Å². The van der Waals surface area contributed by atoms with Crippen molar-refractivity contribution in [1.29, 1.82) is 0 Å². The number of carbonyl (C=O) groups excluding carboxylic acids is 1. The van der Waals surface area contributed by atoms with E-state index in [-0.39, 0.29) is 18.1 Å². The quantitative estimate of drug-likeness (QED) is 0.0655. The Kier molecular flexibility index (Phi) is 27.6. The molecule has 1 saturated heterocycles. The van der Waals surface area contributed by atoms with Crippen LogP contribution in [0.4, 0.5) is 0 Å². The molecule has 1 N–H and O–H groups in total. The van der Waals surface area contributed by atoms with Crippen LogP contribution in [0.1, 0.15) is 200 Å². The van der Waals surface area contributed by atoms with Gasteiger partial charge in [-0.25, -0.2) is 0 Å². The first kappa shape index (κ1) is 38.4. The lowest BCUT2D eigenvalue weighted by Gasteiger charge is -2.22. The van der Waals surface area contributed by atoms with Crippen molar-refractivity contribution in [1.82, 2.24) is 4.90 Å². The molecule has 244 valence electrons. The number of likely N-dealkylation sites (tertiary alicyclic amines) is 1. The lowest BCUT2D eigenvalue weighted by atomic mass is 10.0. The number of nitrogens with zero attached hydrogens (tertiary/aromatic N) is 1. The maximum Gasteiger partial charge on any atom is 0.323 e. The molecule has 1 heterocycles. The van der Waals surface area contributed by atoms with Crippen LogP contribution in [-0.4, -0.2) is 47.8 Å². The molecular formula is C37H73NO3. The van der Waals surface area contributed by atoms with Gasteiger partial charge in [-0.2, -0.15) is 0 Å². The lowest BCUT2D eigenvalue weighted by molar-refractivity contribution is -0.149. The van der Waals surface area contributed by atoms with E-state index in [2.05, 4.69) is 18.7 Å². The maximum absolute atomic E-state index is 12.7. The van der Waals surface area contributed by atoms with E-state index in [9.17, 15) is 9.90 Å². The molecule has 1 rings (SSSR count). The van der Waals surface area contributed by atoms with Gasteiger partial charge in [0.1, 0.15) is 6.04 Å². The number of hydrogen-bond donors (Lipinski definition) is 1. The van der Waals surface area contributed by atoms with Crippen LogP contribution in [0.3, 0.4) is 0 Å². The van der Waals surface area contributed by atoms with E-state index in [1.165, 1.54) is 161 Å². The highest BCUT2D eigenvalue weighted by molar-refractivity contribution is 5.76. The van der Waals surface area contributed by atoms with Gasteiger partial charge in [-0.15, -0.1) is 0 Å². The molecule has 1 fully saturated rings. The minimum atomic E-state index is -0.389. The van der Waals surface area contributed by atoms with Gasteiger partial charge in [0.2, 0.25) is 0 Å². The normalized spacial score (nSPS) is 17.4. The van der Waals surface area contributed by atoms with Crippen LogP contribution in [0.25, 0.3) is 0 Å². The fourth-order valence-electron chi connectivity index (χ4n) is 6.45. The predicted molar refractivity (Wildman–Crippen MR) is 178 cm³/mol. The number of esters is 1. The topological polar surface area (TPSA) is 49.8 Å². The molecule has 1 aliphatic rings. The monoisotopic (exact) mass is 580 g/mol. The summed E-state index contributed by atoms with van der Waals surface area (Å²) in [4.78, 5) is 14.9. The Morgan fingerprint density at radius 3 is 1.29 bits per heavy atom. The summed E-state index contributed by atoms with van der Waals surface area (Å²) in [5.74, 6) is -0.110. The van der Waals surface area contributed by atoms with Crippen molar-refractivity contribution in [3.63, 3.8) is 0 Å². The summed E-state index contributed by atoms with van der Waals surface area (Å²) < 4.78 is 5.64. The number of aliphatic hydroxyl groups excluding tert-OH is 1. The van der Waals surface area contributed by atoms with E-state index in [1.807, 2.05) is 0 Å². The van der Waals surface area contributed by atoms with E-state index in [1.54, 1.807) is 0 Å². The number of ether oxygens (including phenoxy) is 1. The van der Waals surface area contributed by atoms with Crippen molar-refractivity contribution in [2.24, 2.45) is 0 Å². The number of unbranched alkanes of at least 4 members (excludes halogenated alkanes) is 26. The van der Waals surface area contributed by atoms with Crippen molar-refractivity contribution < 1.29 is 14.6 Å². The Hall–Kier alpha value is -0.610. The van der Waals surface area contributed by atoms with Crippen molar-refractivity contribution in [2.75, 3.05) is 19.7 Å². The van der Waals surface area contributed by atoms with Gasteiger partial charge in [-0.3, -0.25) is 9.69 Å². The molecule has 1 unspecified atom stereocenters. The number of rotatable bonds is 31. The van der Waals surface area contributed by atoms with Gasteiger partial charge in [0, 0.05) is 13.0 Å². The molecule has 0 radical (unpaired) electrons. The summed E-state index contributed by atoms with van der Waals surface area (Å²) in [6, 6.07) is -0.237. The van der Waals surface area contributed by atoms with Crippen LogP contribution in [-0.2, 0) is 9.53 Å². The molecule has 0 amide bonds. The van der Waals surface area contributed by atoms with Crippen molar-refractivity contribution in [3.8, 4) is 0 Å². The average Bonchev–Trinajstić information content (AvgIpc) is 3.35. The highest BCUT2D eigenvalue weighted by Crippen LogP contribution is 2.21. The SMILES string of the molecule is CCCCCCCCCCCCCCCCOC(=O)[C@@H]1CC(O)CN1CCCCCCCCCCCCCCCC. The first-order chi connectivity index (χ1) is 20.2. The third-order valence-corrected chi connectivity index (χ3v) is 9.19. The van der Waals surface area contributed by atoms with Crippen molar-refractivity contribution >= 4 is 5.97 Å². The van der Waals surface area contributed by atoms with Gasteiger partial charge in [-0.05, 0) is 19.4 Å². The van der Waals surface area contributed by atoms with Crippen LogP contribution >= 0.6 is 0 Å². The third-order valence-electron chi connectivity index (χ3n) is 9.19. The van der Waals surface area contributed by atoms with Crippen LogP contribution in [0.5, 0.6) is 0 Å². The van der Waals surface area contributed by atoms with Gasteiger partial charge in [-0.1, -0.05) is 181 Å². The minimum Gasteiger partial charge on any atom is -0.465 e. The Bertz CT molecular complexity index is 554. The second kappa shape index (κ2) is 29.5. The average molecular weight is 580 g/mol. The predicted octanol–water partition coefficient (Wildman–Crippen LogP) is 10.9. The molecule has 2 atom stereocenters. The zero-order valence-electron chi connectivity index (χ0n) is 28.0. The number of carbonyl (C=O) groups is 1. The second-order valence-electron chi connectivity index (χ2n) is 13.3. The number of β-amino-alcohol motifs (C(OH)–C–C–N with tert-alkyl or cyclic N) is 1. The largest absolute Gasteiger partial charge is 0.465 e. The van der Waals surface area contributed by atoms with E-state index in [0.29, 0.717) is 19.6 Å². The summed E-state index contributed by atoms with van der Waals surface area (Å²) in [6.45, 7) is 6.64. The molecule has 0 saturated carbocycles. The van der Waals surface area contributed by atoms with Crippen LogP contribution < -0.4 is 0 Å². The van der Waals surface area contributed by atoms with E-state index < -0.39 is 0 Å². The van der Waals surface area contributed by atoms with Gasteiger partial charge >= 0.3 is 5.97 Å². The summed E-state index contributed by atoms with van der Waals surface area (Å²) in [6.07, 6.45) is 37.8. The van der Waals surface area contributed by atoms with Gasteiger partial charge in [0.25, 0.3) is 0 Å². The number of hydrogen-bond acceptors (Lipinski definition) is 4. The molecule has 0 aliphatic carbocycles. The summed E-state index contributed by atoms with van der Waals surface area (Å²) in [5.41, 5.74) is 0. The highest BCUT2D eigenvalue weighted by Gasteiger charge is 2.36. The first-order valence-corrected chi connectivity index (χ1v) is 18.8. The minimum absolute atomic E-state index is 0.110. The van der Waals surface area contributed by atoms with E-state index >= 15 is 0 Å². The Morgan fingerprint density at radius 1 is 0.561 bits per heavy atom. The number of aliphatic hydroxyl groups is 1. The van der Waals surface area contributed by atoms with E-state index in [4.69, 9.17) is 4.74 Å². The Morgan fingerprint density at radius 2 is 0.902 bits per heavy atom. The van der Waals surface area contributed by atoms with Gasteiger partial charge in [0.05, 0.1) is 12.7 Å². The summed E-state index contributed by atoms with van der Waals surface area (Å²) >= 11 is 0. The Balaban J connectivity index is 1.93. The molecule has 0 aromatic carbocycles. The maximum atomic E-state index is 12.7. The smallest absolute Gasteiger partial charge is 0.323 e. The molecule has 0 spiro atoms. The molecule has 0 bridgehead atoms. The van der Waals surface area contributed by atoms with Gasteiger partial charge in [0.15, 0.2) is 0 Å². The Labute approximate surface area is 257 Å². The van der Waals surface area contributed by atoms with Crippen LogP contribution in [0.2, 0.25) is 0 Å². The van der Waals surface area contributed by atoms with Gasteiger partial charge < -0.3 is 9.84 Å². The third kappa shape index (κ3) is 23.5. The molecule has 0 aromatic rings. The standard InChI is InChI=1S/C37H73NO3/c1-3-5-7-9-11-13-15-17-19-21-23-25-27-29-31-38-34-35(39)33-36(38)37(40)41-32-30-28-26-24-22-20-18-16-14-12-10-8-6-4-2/h35-36,39H,3-34H2,1-2H3/t35?,36-/m0/s1. The zero-order chi connectivity index (χ0) is 29.6. The fourth-order valence-corrected chi connectivity index (χ4v) is 6.45. The molecule has 1 aliphatic heterocycles.